The summed E-state index contributed by atoms with van der Waals surface area (Å²) in [6.07, 6.45) is 2.95. The molecule has 0 unspecified atom stereocenters. The molecule has 0 saturated carbocycles. The van der Waals surface area contributed by atoms with Crippen molar-refractivity contribution in [3.8, 4) is 0 Å². The first-order valence-corrected chi connectivity index (χ1v) is 11.4. The van der Waals surface area contributed by atoms with E-state index in [9.17, 15) is 4.39 Å². The Morgan fingerprint density at radius 2 is 1.91 bits per heavy atom. The van der Waals surface area contributed by atoms with Crippen LogP contribution in [-0.4, -0.2) is 62.2 Å². The van der Waals surface area contributed by atoms with Gasteiger partial charge in [0.2, 0.25) is 0 Å². The summed E-state index contributed by atoms with van der Waals surface area (Å²) in [7, 11) is 1.75. The van der Waals surface area contributed by atoms with Crippen LogP contribution in [0.3, 0.4) is 0 Å². The number of nitrogens with one attached hydrogen (secondary N) is 3. The molecule has 2 heterocycles. The number of piperazine rings is 1. The van der Waals surface area contributed by atoms with Crippen LogP contribution in [0.25, 0.3) is 10.9 Å². The van der Waals surface area contributed by atoms with Gasteiger partial charge in [0, 0.05) is 63.4 Å². The number of halogens is 1. The van der Waals surface area contributed by atoms with E-state index in [4.69, 9.17) is 0 Å². The van der Waals surface area contributed by atoms with Gasteiger partial charge in [0.15, 0.2) is 5.96 Å². The average Bonchev–Trinajstić information content (AvgIpc) is 3.24. The highest BCUT2D eigenvalue weighted by Crippen LogP contribution is 2.22. The zero-order valence-corrected chi connectivity index (χ0v) is 19.0. The summed E-state index contributed by atoms with van der Waals surface area (Å²) in [5, 5.41) is 7.89. The van der Waals surface area contributed by atoms with Crippen molar-refractivity contribution in [3.63, 3.8) is 0 Å². The van der Waals surface area contributed by atoms with Gasteiger partial charge in [-0.25, -0.2) is 4.39 Å². The fourth-order valence-corrected chi connectivity index (χ4v) is 4.28. The third-order valence-corrected chi connectivity index (χ3v) is 6.22. The Balaban J connectivity index is 1.27. The smallest absolute Gasteiger partial charge is 0.191 e. The van der Waals surface area contributed by atoms with Crippen LogP contribution >= 0.6 is 0 Å². The minimum absolute atomic E-state index is 0.156. The monoisotopic (exact) mass is 436 g/mol. The molecule has 1 aromatic heterocycles. The number of hydrogen-bond acceptors (Lipinski definition) is 3. The van der Waals surface area contributed by atoms with Crippen LogP contribution in [0, 0.1) is 5.82 Å². The molecule has 0 atom stereocenters. The maximum atomic E-state index is 14.8. The molecule has 1 aliphatic rings. The predicted octanol–water partition coefficient (Wildman–Crippen LogP) is 3.36. The van der Waals surface area contributed by atoms with E-state index in [1.807, 2.05) is 18.2 Å². The third-order valence-electron chi connectivity index (χ3n) is 6.22. The zero-order valence-electron chi connectivity index (χ0n) is 19.0. The van der Waals surface area contributed by atoms with E-state index in [-0.39, 0.29) is 5.82 Å². The summed E-state index contributed by atoms with van der Waals surface area (Å²) in [4.78, 5) is 12.1. The molecule has 170 valence electrons. The normalized spacial score (nSPS) is 15.3. The van der Waals surface area contributed by atoms with E-state index < -0.39 is 0 Å². The van der Waals surface area contributed by atoms with Crippen molar-refractivity contribution < 1.29 is 4.39 Å². The number of aliphatic imine (C=N–C) groups is 1. The molecule has 7 heteroatoms. The van der Waals surface area contributed by atoms with Gasteiger partial charge in [0.25, 0.3) is 0 Å². The molecular weight excluding hydrogens is 403 g/mol. The number of para-hydroxylation sites is 1. The second kappa shape index (κ2) is 10.5. The molecule has 0 spiro atoms. The summed E-state index contributed by atoms with van der Waals surface area (Å²) in [6, 6.07) is 13.8. The van der Waals surface area contributed by atoms with Crippen LogP contribution in [0.5, 0.6) is 0 Å². The molecule has 0 bridgehead atoms. The fraction of sp³-hybridized carbons (Fsp3) is 0.400. The molecule has 32 heavy (non-hydrogen) atoms. The van der Waals surface area contributed by atoms with Crippen molar-refractivity contribution in [1.82, 2.24) is 20.5 Å². The Morgan fingerprint density at radius 3 is 2.66 bits per heavy atom. The van der Waals surface area contributed by atoms with Crippen LogP contribution < -0.4 is 15.5 Å². The lowest BCUT2D eigenvalue weighted by molar-refractivity contribution is 0.270. The Kier molecular flexibility index (Phi) is 7.27. The maximum Gasteiger partial charge on any atom is 0.191 e. The lowest BCUT2D eigenvalue weighted by Gasteiger charge is -2.35. The van der Waals surface area contributed by atoms with Crippen LogP contribution in [-0.2, 0) is 13.0 Å². The third kappa shape index (κ3) is 5.22. The molecule has 3 N–H and O–H groups in total. The molecule has 0 aliphatic carbocycles. The average molecular weight is 437 g/mol. The molecule has 6 nitrogen and oxygen atoms in total. The fourth-order valence-electron chi connectivity index (χ4n) is 4.28. The first-order chi connectivity index (χ1) is 15.7. The minimum atomic E-state index is -0.156. The first-order valence-electron chi connectivity index (χ1n) is 11.4. The summed E-state index contributed by atoms with van der Waals surface area (Å²) in [5.41, 5.74) is 4.03. The van der Waals surface area contributed by atoms with Crippen molar-refractivity contribution in [2.45, 2.75) is 19.9 Å². The predicted molar refractivity (Wildman–Crippen MR) is 131 cm³/mol. The van der Waals surface area contributed by atoms with Crippen LogP contribution in [0.2, 0.25) is 0 Å². The molecule has 0 amide bonds. The van der Waals surface area contributed by atoms with Crippen molar-refractivity contribution >= 4 is 22.5 Å². The van der Waals surface area contributed by atoms with Crippen LogP contribution in [0.15, 0.2) is 53.7 Å². The maximum absolute atomic E-state index is 14.8. The summed E-state index contributed by atoms with van der Waals surface area (Å²) in [6.45, 7) is 8.22. The second-order valence-electron chi connectivity index (χ2n) is 8.17. The quantitative estimate of drug-likeness (QED) is 0.393. The highest BCUT2D eigenvalue weighted by atomic mass is 19.1. The number of guanidine groups is 1. The highest BCUT2D eigenvalue weighted by molar-refractivity contribution is 5.83. The zero-order chi connectivity index (χ0) is 22.3. The molecule has 3 aromatic rings. The number of aromatic amines is 1. The number of likely N-dealkylation sites (N-methyl/N-ethyl adjacent to an activating group) is 1. The van der Waals surface area contributed by atoms with Gasteiger partial charge < -0.3 is 25.4 Å². The highest BCUT2D eigenvalue weighted by Gasteiger charge is 2.18. The molecular formula is C25H33FN6. The summed E-state index contributed by atoms with van der Waals surface area (Å²) in [5.74, 6) is 0.557. The molecule has 1 saturated heterocycles. The van der Waals surface area contributed by atoms with Gasteiger partial charge in [-0.05, 0) is 42.3 Å². The van der Waals surface area contributed by atoms with Gasteiger partial charge in [-0.2, -0.15) is 0 Å². The summed E-state index contributed by atoms with van der Waals surface area (Å²) < 4.78 is 14.8. The standard InChI is InChI=1S/C25H33FN6/c1-3-31-12-14-32(15-13-31)24-9-8-19(16-22(24)26)17-30-25(27-2)28-11-10-20-18-29-23-7-5-4-6-21(20)23/h4-9,16,18,29H,3,10-15,17H2,1-2H3,(H2,27,28,30). The second-order valence-corrected chi connectivity index (χ2v) is 8.17. The largest absolute Gasteiger partial charge is 0.367 e. The minimum Gasteiger partial charge on any atom is -0.367 e. The SMILES string of the molecule is CCN1CCN(c2ccc(CNC(=NC)NCCc3c[nH]c4ccccc34)cc2F)CC1. The van der Waals surface area contributed by atoms with Crippen molar-refractivity contribution in [3.05, 3.63) is 65.6 Å². The number of H-pyrrole nitrogens is 1. The van der Waals surface area contributed by atoms with E-state index in [2.05, 4.69) is 61.7 Å². The number of benzene rings is 2. The first kappa shape index (κ1) is 22.1. The van der Waals surface area contributed by atoms with Gasteiger partial charge in [0.1, 0.15) is 5.82 Å². The molecule has 1 aliphatic heterocycles. The van der Waals surface area contributed by atoms with Crippen LogP contribution in [0.1, 0.15) is 18.1 Å². The Morgan fingerprint density at radius 1 is 1.09 bits per heavy atom. The Labute approximate surface area is 189 Å². The van der Waals surface area contributed by atoms with Gasteiger partial charge in [-0.15, -0.1) is 0 Å². The topological polar surface area (TPSA) is 58.7 Å². The molecule has 1 fully saturated rings. The van der Waals surface area contributed by atoms with E-state index in [0.717, 1.165) is 56.8 Å². The lowest BCUT2D eigenvalue weighted by atomic mass is 10.1. The molecule has 0 radical (unpaired) electrons. The lowest BCUT2D eigenvalue weighted by Crippen LogP contribution is -2.46. The number of rotatable bonds is 7. The number of fused-ring (bicyclic) bond motifs is 1. The summed E-state index contributed by atoms with van der Waals surface area (Å²) >= 11 is 0. The van der Waals surface area contributed by atoms with E-state index in [1.54, 1.807) is 13.1 Å². The van der Waals surface area contributed by atoms with Crippen molar-refractivity contribution in [2.75, 3.05) is 51.2 Å². The number of nitrogens with zero attached hydrogens (tertiary/aromatic N) is 3. The van der Waals surface area contributed by atoms with Gasteiger partial charge in [-0.3, -0.25) is 4.99 Å². The number of hydrogen-bond donors (Lipinski definition) is 3. The van der Waals surface area contributed by atoms with E-state index >= 15 is 0 Å². The Hall–Kier alpha value is -3.06. The van der Waals surface area contributed by atoms with Crippen LogP contribution in [0.4, 0.5) is 10.1 Å². The van der Waals surface area contributed by atoms with E-state index in [1.165, 1.54) is 10.9 Å². The molecule has 2 aromatic carbocycles. The van der Waals surface area contributed by atoms with Crippen molar-refractivity contribution in [2.24, 2.45) is 4.99 Å². The van der Waals surface area contributed by atoms with Gasteiger partial charge in [-0.1, -0.05) is 31.2 Å². The van der Waals surface area contributed by atoms with E-state index in [0.29, 0.717) is 18.2 Å². The number of aromatic nitrogens is 1. The Bertz CT molecular complexity index is 1050. The van der Waals surface area contributed by atoms with Crippen molar-refractivity contribution in [1.29, 1.82) is 0 Å². The number of anilines is 1. The van der Waals surface area contributed by atoms with Gasteiger partial charge >= 0.3 is 0 Å². The molecule has 4 rings (SSSR count). The van der Waals surface area contributed by atoms with Gasteiger partial charge in [0.05, 0.1) is 5.69 Å².